The van der Waals surface area contributed by atoms with Gasteiger partial charge >= 0.3 is 0 Å². The average Bonchev–Trinajstić information content (AvgIpc) is 2.46. The molecular formula is C11H15N3O5S. The number of ether oxygens (including phenoxy) is 1. The summed E-state index contributed by atoms with van der Waals surface area (Å²) in [5.74, 6) is 0. The van der Waals surface area contributed by atoms with Crippen molar-refractivity contribution in [3.8, 4) is 0 Å². The normalized spacial score (nSPS) is 19.7. The highest BCUT2D eigenvalue weighted by Crippen LogP contribution is 2.22. The van der Waals surface area contributed by atoms with Gasteiger partial charge in [0, 0.05) is 25.2 Å². The molecule has 1 aliphatic heterocycles. The molecule has 2 N–H and O–H groups in total. The standard InChI is InChI=1S/C11H15N3O5S/c15-14(16)10-3-1-2-4-11(10)20(17,18)13-7-9-8-19-6-5-12-9/h1-4,9,12-13H,5-8H2. The van der Waals surface area contributed by atoms with Crippen molar-refractivity contribution in [3.63, 3.8) is 0 Å². The monoisotopic (exact) mass is 301 g/mol. The van der Waals surface area contributed by atoms with E-state index in [4.69, 9.17) is 4.74 Å². The minimum absolute atomic E-state index is 0.119. The fourth-order valence-corrected chi connectivity index (χ4v) is 3.13. The van der Waals surface area contributed by atoms with Gasteiger partial charge in [0.05, 0.1) is 18.1 Å². The first kappa shape index (κ1) is 14.9. The van der Waals surface area contributed by atoms with Crippen molar-refractivity contribution in [1.29, 1.82) is 0 Å². The van der Waals surface area contributed by atoms with E-state index in [1.807, 2.05) is 0 Å². The molecule has 1 heterocycles. The van der Waals surface area contributed by atoms with E-state index in [9.17, 15) is 18.5 Å². The van der Waals surface area contributed by atoms with E-state index in [0.717, 1.165) is 6.07 Å². The molecule has 8 nitrogen and oxygen atoms in total. The van der Waals surface area contributed by atoms with E-state index >= 15 is 0 Å². The lowest BCUT2D eigenvalue weighted by molar-refractivity contribution is -0.387. The van der Waals surface area contributed by atoms with Crippen LogP contribution >= 0.6 is 0 Å². The number of nitrogens with zero attached hydrogens (tertiary/aromatic N) is 1. The van der Waals surface area contributed by atoms with Gasteiger partial charge in [-0.25, -0.2) is 13.1 Å². The molecule has 9 heteroatoms. The Morgan fingerprint density at radius 1 is 1.45 bits per heavy atom. The Bertz CT molecular complexity index is 583. The quantitative estimate of drug-likeness (QED) is 0.578. The number of nitro benzene ring substituents is 1. The first-order chi connectivity index (χ1) is 9.50. The lowest BCUT2D eigenvalue weighted by Crippen LogP contribution is -2.48. The predicted octanol–water partition coefficient (Wildman–Crippen LogP) is -0.139. The van der Waals surface area contributed by atoms with Crippen molar-refractivity contribution in [1.82, 2.24) is 10.0 Å². The zero-order chi connectivity index (χ0) is 14.6. The third-order valence-electron chi connectivity index (χ3n) is 2.87. The van der Waals surface area contributed by atoms with Gasteiger partial charge in [-0.1, -0.05) is 12.1 Å². The third kappa shape index (κ3) is 3.51. The van der Waals surface area contributed by atoms with Gasteiger partial charge in [-0.15, -0.1) is 0 Å². The third-order valence-corrected chi connectivity index (χ3v) is 4.34. The highest BCUT2D eigenvalue weighted by Gasteiger charge is 2.26. The molecule has 20 heavy (non-hydrogen) atoms. The molecule has 0 aromatic heterocycles. The SMILES string of the molecule is O=[N+]([O-])c1ccccc1S(=O)(=O)NCC1COCCN1. The fraction of sp³-hybridized carbons (Fsp3) is 0.455. The molecule has 110 valence electrons. The molecule has 1 aromatic carbocycles. The van der Waals surface area contributed by atoms with Crippen LogP contribution in [0.3, 0.4) is 0 Å². The molecular weight excluding hydrogens is 286 g/mol. The molecule has 1 aliphatic rings. The van der Waals surface area contributed by atoms with Crippen LogP contribution in [0.15, 0.2) is 29.2 Å². The van der Waals surface area contributed by atoms with E-state index < -0.39 is 20.6 Å². The molecule has 1 atom stereocenters. The number of benzene rings is 1. The fourth-order valence-electron chi connectivity index (χ4n) is 1.87. The maximum Gasteiger partial charge on any atom is 0.289 e. The summed E-state index contributed by atoms with van der Waals surface area (Å²) in [4.78, 5) is 9.81. The molecule has 0 aliphatic carbocycles. The number of rotatable bonds is 5. The summed E-state index contributed by atoms with van der Waals surface area (Å²) >= 11 is 0. The van der Waals surface area contributed by atoms with Gasteiger partial charge in [0.1, 0.15) is 0 Å². The van der Waals surface area contributed by atoms with Crippen LogP contribution < -0.4 is 10.0 Å². The van der Waals surface area contributed by atoms with Crippen LogP contribution in [0.2, 0.25) is 0 Å². The number of nitrogens with one attached hydrogen (secondary N) is 2. The maximum absolute atomic E-state index is 12.1. The zero-order valence-electron chi connectivity index (χ0n) is 10.6. The molecule has 1 saturated heterocycles. The Morgan fingerprint density at radius 3 is 2.85 bits per heavy atom. The summed E-state index contributed by atoms with van der Waals surface area (Å²) in [5, 5.41) is 14.0. The Labute approximate surface area is 116 Å². The van der Waals surface area contributed by atoms with Gasteiger partial charge in [0.2, 0.25) is 10.0 Å². The summed E-state index contributed by atoms with van der Waals surface area (Å²) in [5.41, 5.74) is -0.437. The smallest absolute Gasteiger partial charge is 0.289 e. The van der Waals surface area contributed by atoms with Crippen LogP contribution in [0.4, 0.5) is 5.69 Å². The number of hydrogen-bond donors (Lipinski definition) is 2. The van der Waals surface area contributed by atoms with Crippen molar-refractivity contribution in [3.05, 3.63) is 34.4 Å². The van der Waals surface area contributed by atoms with Crippen LogP contribution in [0.25, 0.3) is 0 Å². The molecule has 0 saturated carbocycles. The number of sulfonamides is 1. The van der Waals surface area contributed by atoms with Gasteiger partial charge in [-0.3, -0.25) is 10.1 Å². The van der Waals surface area contributed by atoms with Gasteiger partial charge in [-0.05, 0) is 6.07 Å². The number of para-hydroxylation sites is 1. The average molecular weight is 301 g/mol. The number of morpholine rings is 1. The summed E-state index contributed by atoms with van der Waals surface area (Å²) in [6.45, 7) is 1.76. The van der Waals surface area contributed by atoms with Gasteiger partial charge < -0.3 is 10.1 Å². The van der Waals surface area contributed by atoms with E-state index in [-0.39, 0.29) is 17.5 Å². The second kappa shape index (κ2) is 6.27. The Morgan fingerprint density at radius 2 is 2.20 bits per heavy atom. The molecule has 2 rings (SSSR count). The maximum atomic E-state index is 12.1. The second-order valence-corrected chi connectivity index (χ2v) is 6.04. The molecule has 1 aromatic rings. The van der Waals surface area contributed by atoms with Crippen molar-refractivity contribution < 1.29 is 18.1 Å². The van der Waals surface area contributed by atoms with Crippen LogP contribution in [0.5, 0.6) is 0 Å². The van der Waals surface area contributed by atoms with Gasteiger partial charge in [0.25, 0.3) is 5.69 Å². The lowest BCUT2D eigenvalue weighted by Gasteiger charge is -2.23. The summed E-state index contributed by atoms with van der Waals surface area (Å²) in [7, 11) is -3.92. The van der Waals surface area contributed by atoms with Crippen LogP contribution in [-0.4, -0.2) is 45.7 Å². The molecule has 0 spiro atoms. The predicted molar refractivity (Wildman–Crippen MR) is 70.9 cm³/mol. The molecule has 1 fully saturated rings. The van der Waals surface area contributed by atoms with Gasteiger partial charge in [-0.2, -0.15) is 0 Å². The zero-order valence-corrected chi connectivity index (χ0v) is 11.4. The molecule has 0 bridgehead atoms. The first-order valence-electron chi connectivity index (χ1n) is 6.05. The summed E-state index contributed by atoms with van der Waals surface area (Å²) in [6, 6.07) is 5.11. The topological polar surface area (TPSA) is 111 Å². The first-order valence-corrected chi connectivity index (χ1v) is 7.53. The van der Waals surface area contributed by atoms with Crippen molar-refractivity contribution >= 4 is 15.7 Å². The van der Waals surface area contributed by atoms with Crippen molar-refractivity contribution in [2.75, 3.05) is 26.3 Å². The highest BCUT2D eigenvalue weighted by atomic mass is 32.2. The van der Waals surface area contributed by atoms with E-state index in [2.05, 4.69) is 10.0 Å². The second-order valence-electron chi connectivity index (χ2n) is 4.30. The molecule has 0 amide bonds. The van der Waals surface area contributed by atoms with E-state index in [1.165, 1.54) is 18.2 Å². The van der Waals surface area contributed by atoms with Crippen molar-refractivity contribution in [2.45, 2.75) is 10.9 Å². The summed E-state index contributed by atoms with van der Waals surface area (Å²) < 4.78 is 31.8. The number of nitro groups is 1. The highest BCUT2D eigenvalue weighted by molar-refractivity contribution is 7.89. The largest absolute Gasteiger partial charge is 0.378 e. The molecule has 0 radical (unpaired) electrons. The minimum Gasteiger partial charge on any atom is -0.378 e. The number of hydrogen-bond acceptors (Lipinski definition) is 6. The van der Waals surface area contributed by atoms with Gasteiger partial charge in [0.15, 0.2) is 4.90 Å². The van der Waals surface area contributed by atoms with E-state index in [1.54, 1.807) is 0 Å². The molecule has 1 unspecified atom stereocenters. The summed E-state index contributed by atoms with van der Waals surface area (Å²) in [6.07, 6.45) is 0. The van der Waals surface area contributed by atoms with Crippen molar-refractivity contribution in [2.24, 2.45) is 0 Å². The lowest BCUT2D eigenvalue weighted by atomic mass is 10.3. The Kier molecular flexibility index (Phi) is 4.65. The van der Waals surface area contributed by atoms with E-state index in [0.29, 0.717) is 19.8 Å². The van der Waals surface area contributed by atoms with Crippen LogP contribution in [0, 0.1) is 10.1 Å². The Hall–Kier alpha value is -1.55. The van der Waals surface area contributed by atoms with Crippen LogP contribution in [-0.2, 0) is 14.8 Å². The Balaban J connectivity index is 2.12. The minimum atomic E-state index is -3.92. The van der Waals surface area contributed by atoms with Crippen LogP contribution in [0.1, 0.15) is 0 Å².